The summed E-state index contributed by atoms with van der Waals surface area (Å²) in [6.07, 6.45) is 1.62. The highest BCUT2D eigenvalue weighted by Crippen LogP contribution is 2.26. The number of benzene rings is 2. The van der Waals surface area contributed by atoms with Crippen LogP contribution in [0, 0.1) is 13.8 Å². The van der Waals surface area contributed by atoms with Gasteiger partial charge in [0.15, 0.2) is 5.76 Å². The fourth-order valence-corrected chi connectivity index (χ4v) is 4.33. The minimum atomic E-state index is -0.0272. The molecule has 7 nitrogen and oxygen atoms in total. The molecule has 1 aliphatic rings. The molecule has 1 fully saturated rings. The summed E-state index contributed by atoms with van der Waals surface area (Å²) in [5.74, 6) is 1.45. The maximum Gasteiger partial charge on any atom is 0.272 e. The van der Waals surface area contributed by atoms with Gasteiger partial charge >= 0.3 is 0 Å². The highest BCUT2D eigenvalue weighted by atomic mass is 16.5. The minimum Gasteiger partial charge on any atom is -0.497 e. The summed E-state index contributed by atoms with van der Waals surface area (Å²) in [6, 6.07) is 19.7. The first-order chi connectivity index (χ1) is 16.5. The van der Waals surface area contributed by atoms with Gasteiger partial charge in [0.25, 0.3) is 5.91 Å². The van der Waals surface area contributed by atoms with Crippen LogP contribution < -0.4 is 9.64 Å². The molecule has 0 spiro atoms. The van der Waals surface area contributed by atoms with E-state index in [0.717, 1.165) is 41.3 Å². The number of hydrogen-bond donors (Lipinski definition) is 0. The molecule has 5 rings (SSSR count). The zero-order valence-corrected chi connectivity index (χ0v) is 19.7. The molecule has 0 saturated carbocycles. The number of ether oxygens (including phenoxy) is 1. The van der Waals surface area contributed by atoms with Gasteiger partial charge in [-0.25, -0.2) is 4.68 Å². The Bertz CT molecular complexity index is 1280. The van der Waals surface area contributed by atoms with Crippen LogP contribution in [0.15, 0.2) is 71.3 Å². The number of nitrogens with zero attached hydrogens (tertiary/aromatic N) is 4. The number of piperazine rings is 1. The molecule has 2 aromatic carbocycles. The van der Waals surface area contributed by atoms with E-state index in [2.05, 4.69) is 35.2 Å². The number of rotatable bonds is 5. The lowest BCUT2D eigenvalue weighted by Crippen LogP contribution is -2.49. The summed E-state index contributed by atoms with van der Waals surface area (Å²) in [6.45, 7) is 6.88. The number of aromatic nitrogens is 2. The van der Waals surface area contributed by atoms with E-state index >= 15 is 0 Å². The molecule has 174 valence electrons. The summed E-state index contributed by atoms with van der Waals surface area (Å²) in [5.41, 5.74) is 5.39. The summed E-state index contributed by atoms with van der Waals surface area (Å²) >= 11 is 0. The van der Waals surface area contributed by atoms with Crippen LogP contribution in [0.25, 0.3) is 17.1 Å². The predicted octanol–water partition coefficient (Wildman–Crippen LogP) is 4.72. The van der Waals surface area contributed by atoms with Gasteiger partial charge in [-0.3, -0.25) is 4.79 Å². The lowest BCUT2D eigenvalue weighted by atomic mass is 10.1. The van der Waals surface area contributed by atoms with Gasteiger partial charge in [0.2, 0.25) is 0 Å². The average molecular weight is 457 g/mol. The number of carbonyl (C=O) groups excluding carboxylic acids is 1. The molecule has 7 heteroatoms. The molecule has 3 heterocycles. The minimum absolute atomic E-state index is 0.0272. The van der Waals surface area contributed by atoms with Crippen molar-refractivity contribution in [2.75, 3.05) is 38.2 Å². The van der Waals surface area contributed by atoms with Crippen molar-refractivity contribution in [3.8, 4) is 22.9 Å². The molecule has 0 bridgehead atoms. The number of carbonyl (C=O) groups is 1. The van der Waals surface area contributed by atoms with E-state index in [-0.39, 0.29) is 5.91 Å². The quantitative estimate of drug-likeness (QED) is 0.435. The SMILES string of the molecule is COc1ccc(N2CCN(C(=O)c3cc(-c4ccco4)nn3-c3cc(C)ccc3C)CC2)cc1. The van der Waals surface area contributed by atoms with E-state index in [1.807, 2.05) is 49.1 Å². The Morgan fingerprint density at radius 2 is 1.74 bits per heavy atom. The van der Waals surface area contributed by atoms with E-state index in [0.29, 0.717) is 30.2 Å². The Morgan fingerprint density at radius 1 is 0.971 bits per heavy atom. The molecular formula is C27H28N4O3. The summed E-state index contributed by atoms with van der Waals surface area (Å²) in [4.78, 5) is 17.9. The van der Waals surface area contributed by atoms with Crippen molar-refractivity contribution >= 4 is 11.6 Å². The fraction of sp³-hybridized carbons (Fsp3) is 0.259. The monoisotopic (exact) mass is 456 g/mol. The molecule has 0 N–H and O–H groups in total. The maximum atomic E-state index is 13.7. The Labute approximate surface area is 199 Å². The summed E-state index contributed by atoms with van der Waals surface area (Å²) in [5, 5.41) is 4.77. The van der Waals surface area contributed by atoms with Crippen molar-refractivity contribution in [3.05, 3.63) is 83.7 Å². The average Bonchev–Trinajstić information content (AvgIpc) is 3.56. The second kappa shape index (κ2) is 9.09. The molecule has 0 aliphatic carbocycles. The Kier molecular flexibility index (Phi) is 5.84. The van der Waals surface area contributed by atoms with Crippen molar-refractivity contribution in [1.29, 1.82) is 0 Å². The maximum absolute atomic E-state index is 13.7. The standard InChI is InChI=1S/C27H28N4O3/c1-19-6-7-20(2)24(17-19)31-25(18-23(28-31)26-5-4-16-34-26)27(32)30-14-12-29(13-15-30)21-8-10-22(33-3)11-9-21/h4-11,16-18H,12-15H2,1-3H3. The smallest absolute Gasteiger partial charge is 0.272 e. The van der Waals surface area contributed by atoms with Gasteiger partial charge in [-0.1, -0.05) is 12.1 Å². The van der Waals surface area contributed by atoms with Crippen molar-refractivity contribution < 1.29 is 13.9 Å². The van der Waals surface area contributed by atoms with Crippen molar-refractivity contribution in [3.63, 3.8) is 0 Å². The van der Waals surface area contributed by atoms with Crippen molar-refractivity contribution in [2.45, 2.75) is 13.8 Å². The van der Waals surface area contributed by atoms with Crippen molar-refractivity contribution in [2.24, 2.45) is 0 Å². The van der Waals surface area contributed by atoms with Crippen LogP contribution in [0.4, 0.5) is 5.69 Å². The normalized spacial score (nSPS) is 13.9. The molecule has 0 atom stereocenters. The number of anilines is 1. The number of aryl methyl sites for hydroxylation is 2. The van der Waals surface area contributed by atoms with Gasteiger partial charge in [-0.15, -0.1) is 0 Å². The Hall–Kier alpha value is -4.00. The number of furan rings is 1. The molecule has 34 heavy (non-hydrogen) atoms. The van der Waals surface area contributed by atoms with E-state index < -0.39 is 0 Å². The lowest BCUT2D eigenvalue weighted by molar-refractivity contribution is 0.0737. The highest BCUT2D eigenvalue weighted by molar-refractivity contribution is 5.94. The molecule has 1 amide bonds. The topological polar surface area (TPSA) is 63.7 Å². The zero-order chi connectivity index (χ0) is 23.7. The largest absolute Gasteiger partial charge is 0.497 e. The van der Waals surface area contributed by atoms with Crippen molar-refractivity contribution in [1.82, 2.24) is 14.7 Å². The third kappa shape index (κ3) is 4.17. The van der Waals surface area contributed by atoms with E-state index in [9.17, 15) is 4.79 Å². The van der Waals surface area contributed by atoms with Gasteiger partial charge in [0.05, 0.1) is 19.1 Å². The third-order valence-electron chi connectivity index (χ3n) is 6.30. The molecule has 1 aliphatic heterocycles. The molecule has 0 radical (unpaired) electrons. The van der Waals surface area contributed by atoms with Crippen LogP contribution in [0.2, 0.25) is 0 Å². The molecule has 4 aromatic rings. The fourth-order valence-electron chi connectivity index (χ4n) is 4.33. The van der Waals surface area contributed by atoms with Crippen LogP contribution >= 0.6 is 0 Å². The van der Waals surface area contributed by atoms with Crippen LogP contribution in [0.3, 0.4) is 0 Å². The number of methoxy groups -OCH3 is 1. The van der Waals surface area contributed by atoms with Crippen LogP contribution in [0.1, 0.15) is 21.6 Å². The first kappa shape index (κ1) is 21.8. The number of amides is 1. The van der Waals surface area contributed by atoms with Crippen LogP contribution in [0.5, 0.6) is 5.75 Å². The highest BCUT2D eigenvalue weighted by Gasteiger charge is 2.27. The zero-order valence-electron chi connectivity index (χ0n) is 19.7. The van der Waals surface area contributed by atoms with Gasteiger partial charge in [0.1, 0.15) is 17.1 Å². The molecular weight excluding hydrogens is 428 g/mol. The summed E-state index contributed by atoms with van der Waals surface area (Å²) < 4.78 is 12.6. The lowest BCUT2D eigenvalue weighted by Gasteiger charge is -2.36. The third-order valence-corrected chi connectivity index (χ3v) is 6.30. The Balaban J connectivity index is 1.41. The summed E-state index contributed by atoms with van der Waals surface area (Å²) in [7, 11) is 1.67. The second-order valence-corrected chi connectivity index (χ2v) is 8.57. The van der Waals surface area contributed by atoms with Gasteiger partial charge in [-0.2, -0.15) is 5.10 Å². The van der Waals surface area contributed by atoms with E-state index in [1.54, 1.807) is 18.1 Å². The second-order valence-electron chi connectivity index (χ2n) is 8.57. The van der Waals surface area contributed by atoms with Crippen LogP contribution in [-0.4, -0.2) is 53.9 Å². The first-order valence-electron chi connectivity index (χ1n) is 11.4. The van der Waals surface area contributed by atoms with Crippen LogP contribution in [-0.2, 0) is 0 Å². The first-order valence-corrected chi connectivity index (χ1v) is 11.4. The molecule has 1 saturated heterocycles. The Morgan fingerprint density at radius 3 is 2.41 bits per heavy atom. The molecule has 2 aromatic heterocycles. The van der Waals surface area contributed by atoms with E-state index in [1.165, 1.54) is 0 Å². The van der Waals surface area contributed by atoms with Gasteiger partial charge < -0.3 is 19.0 Å². The molecule has 0 unspecified atom stereocenters. The van der Waals surface area contributed by atoms with Gasteiger partial charge in [0, 0.05) is 37.9 Å². The predicted molar refractivity (Wildman–Crippen MR) is 132 cm³/mol. The van der Waals surface area contributed by atoms with E-state index in [4.69, 9.17) is 14.3 Å². The number of hydrogen-bond acceptors (Lipinski definition) is 5. The van der Waals surface area contributed by atoms with Gasteiger partial charge in [-0.05, 0) is 67.4 Å².